The highest BCUT2D eigenvalue weighted by atomic mass is 16.2. The van der Waals surface area contributed by atoms with Gasteiger partial charge in [-0.2, -0.15) is 0 Å². The standard InChI is InChI=1S/C23H26N4O2/c1-3-16(18-14-27(4-2)20-11-6-5-10-17(18)20)21-23(29)25-19(22(28)26-21)13-15-9-7-8-12-24-15/h5-12,14,16,19,21H,3-4,13H2,1-2H3,(H,25,29)(H,26,28)/t16-,19-,21-/m1/s1. The molecule has 2 amide bonds. The van der Waals surface area contributed by atoms with Crippen LogP contribution in [0.5, 0.6) is 0 Å². The third-order valence-corrected chi connectivity index (χ3v) is 5.75. The minimum absolute atomic E-state index is 0.0903. The van der Waals surface area contributed by atoms with Crippen molar-refractivity contribution >= 4 is 22.7 Å². The molecule has 4 rings (SSSR count). The Kier molecular flexibility index (Phi) is 5.34. The minimum atomic E-state index is -0.594. The van der Waals surface area contributed by atoms with Crippen molar-refractivity contribution in [1.82, 2.24) is 20.2 Å². The van der Waals surface area contributed by atoms with Crippen LogP contribution in [0.1, 0.15) is 37.4 Å². The van der Waals surface area contributed by atoms with E-state index in [0.29, 0.717) is 6.42 Å². The zero-order valence-electron chi connectivity index (χ0n) is 16.8. The molecule has 0 aliphatic carbocycles. The second-order valence-electron chi connectivity index (χ2n) is 7.47. The van der Waals surface area contributed by atoms with E-state index < -0.39 is 12.1 Å². The third kappa shape index (κ3) is 3.62. The second kappa shape index (κ2) is 8.07. The van der Waals surface area contributed by atoms with Gasteiger partial charge in [0.2, 0.25) is 11.8 Å². The van der Waals surface area contributed by atoms with E-state index in [1.54, 1.807) is 6.20 Å². The number of benzene rings is 1. The molecular weight excluding hydrogens is 364 g/mol. The van der Waals surface area contributed by atoms with E-state index in [9.17, 15) is 9.59 Å². The van der Waals surface area contributed by atoms with E-state index in [1.165, 1.54) is 0 Å². The van der Waals surface area contributed by atoms with Crippen molar-refractivity contribution in [1.29, 1.82) is 0 Å². The van der Waals surface area contributed by atoms with Crippen molar-refractivity contribution in [2.24, 2.45) is 0 Å². The molecule has 0 radical (unpaired) electrons. The molecule has 3 heterocycles. The summed E-state index contributed by atoms with van der Waals surface area (Å²) in [5, 5.41) is 7.05. The number of amides is 2. The van der Waals surface area contributed by atoms with Crippen LogP contribution >= 0.6 is 0 Å². The maximum Gasteiger partial charge on any atom is 0.243 e. The SMILES string of the molecule is CC[C@H](c1cn(CC)c2ccccc12)[C@H]1NC(=O)[C@@H](Cc2ccccn2)NC1=O. The number of carbonyl (C=O) groups excluding carboxylic acids is 2. The van der Waals surface area contributed by atoms with Gasteiger partial charge in [-0.25, -0.2) is 0 Å². The van der Waals surface area contributed by atoms with Gasteiger partial charge in [-0.05, 0) is 37.1 Å². The first-order valence-electron chi connectivity index (χ1n) is 10.2. The number of hydrogen-bond acceptors (Lipinski definition) is 3. The molecule has 0 bridgehead atoms. The molecular formula is C23H26N4O2. The van der Waals surface area contributed by atoms with Crippen LogP contribution in [0, 0.1) is 0 Å². The average Bonchev–Trinajstić information content (AvgIpc) is 3.11. The number of aromatic nitrogens is 2. The van der Waals surface area contributed by atoms with Gasteiger partial charge in [-0.1, -0.05) is 31.2 Å². The van der Waals surface area contributed by atoms with Gasteiger partial charge in [0.15, 0.2) is 0 Å². The van der Waals surface area contributed by atoms with Gasteiger partial charge in [-0.15, -0.1) is 0 Å². The second-order valence-corrected chi connectivity index (χ2v) is 7.47. The van der Waals surface area contributed by atoms with Crippen LogP contribution in [0.15, 0.2) is 54.9 Å². The number of nitrogens with zero attached hydrogens (tertiary/aromatic N) is 2. The van der Waals surface area contributed by atoms with E-state index in [0.717, 1.165) is 35.1 Å². The van der Waals surface area contributed by atoms with Crippen molar-refractivity contribution in [2.75, 3.05) is 0 Å². The topological polar surface area (TPSA) is 76.0 Å². The van der Waals surface area contributed by atoms with Crippen LogP contribution in [0.25, 0.3) is 10.9 Å². The monoisotopic (exact) mass is 390 g/mol. The van der Waals surface area contributed by atoms with Crippen molar-refractivity contribution in [3.8, 4) is 0 Å². The van der Waals surface area contributed by atoms with Crippen LogP contribution in [0.3, 0.4) is 0 Å². The van der Waals surface area contributed by atoms with Crippen LogP contribution in [0.2, 0.25) is 0 Å². The molecule has 0 spiro atoms. The Morgan fingerprint density at radius 2 is 1.83 bits per heavy atom. The fourth-order valence-electron chi connectivity index (χ4n) is 4.27. The first-order valence-corrected chi connectivity index (χ1v) is 10.2. The highest BCUT2D eigenvalue weighted by Crippen LogP contribution is 2.33. The minimum Gasteiger partial charge on any atom is -0.347 e. The molecule has 150 valence electrons. The first-order chi connectivity index (χ1) is 14.1. The summed E-state index contributed by atoms with van der Waals surface area (Å²) < 4.78 is 2.19. The molecule has 6 nitrogen and oxygen atoms in total. The number of nitrogens with one attached hydrogen (secondary N) is 2. The first kappa shape index (κ1) is 19.2. The lowest BCUT2D eigenvalue weighted by Crippen LogP contribution is -2.63. The highest BCUT2D eigenvalue weighted by molar-refractivity contribution is 5.98. The molecule has 1 aliphatic rings. The summed E-state index contributed by atoms with van der Waals surface area (Å²) in [6.45, 7) is 5.02. The maximum absolute atomic E-state index is 13.0. The van der Waals surface area contributed by atoms with Crippen molar-refractivity contribution in [3.05, 3.63) is 66.1 Å². The summed E-state index contributed by atoms with van der Waals surface area (Å²) in [5.74, 6) is -0.379. The molecule has 1 aromatic carbocycles. The van der Waals surface area contributed by atoms with Crippen LogP contribution in [0.4, 0.5) is 0 Å². The van der Waals surface area contributed by atoms with E-state index in [1.807, 2.05) is 30.3 Å². The van der Waals surface area contributed by atoms with Gasteiger partial charge in [0.1, 0.15) is 12.1 Å². The Morgan fingerprint density at radius 1 is 1.03 bits per heavy atom. The van der Waals surface area contributed by atoms with E-state index >= 15 is 0 Å². The number of carbonyl (C=O) groups is 2. The Balaban J connectivity index is 1.59. The summed E-state index contributed by atoms with van der Waals surface area (Å²) >= 11 is 0. The molecule has 1 fully saturated rings. The molecule has 2 aromatic heterocycles. The molecule has 3 aromatic rings. The Bertz CT molecular complexity index is 1030. The number of hydrogen-bond donors (Lipinski definition) is 2. The zero-order valence-corrected chi connectivity index (χ0v) is 16.8. The Morgan fingerprint density at radius 3 is 2.55 bits per heavy atom. The van der Waals surface area contributed by atoms with E-state index in [4.69, 9.17) is 0 Å². The quantitative estimate of drug-likeness (QED) is 0.680. The summed E-state index contributed by atoms with van der Waals surface area (Å²) in [6, 6.07) is 12.6. The normalized spacial score (nSPS) is 20.3. The Labute approximate surface area is 170 Å². The fourth-order valence-corrected chi connectivity index (χ4v) is 4.27. The fraction of sp³-hybridized carbons (Fsp3) is 0.348. The highest BCUT2D eigenvalue weighted by Gasteiger charge is 2.39. The molecule has 0 saturated carbocycles. The molecule has 29 heavy (non-hydrogen) atoms. The lowest BCUT2D eigenvalue weighted by molar-refractivity contribution is -0.137. The predicted octanol–water partition coefficient (Wildman–Crippen LogP) is 2.78. The molecule has 0 unspecified atom stereocenters. The largest absolute Gasteiger partial charge is 0.347 e. The predicted molar refractivity (Wildman–Crippen MR) is 112 cm³/mol. The van der Waals surface area contributed by atoms with Crippen molar-refractivity contribution < 1.29 is 9.59 Å². The third-order valence-electron chi connectivity index (χ3n) is 5.75. The summed E-state index contributed by atoms with van der Waals surface area (Å²) in [5.41, 5.74) is 3.04. The lowest BCUT2D eigenvalue weighted by Gasteiger charge is -2.34. The van der Waals surface area contributed by atoms with E-state index in [-0.39, 0.29) is 17.7 Å². The van der Waals surface area contributed by atoms with Crippen LogP contribution in [-0.4, -0.2) is 33.4 Å². The lowest BCUT2D eigenvalue weighted by atomic mass is 9.86. The number of piperazine rings is 1. The average molecular weight is 390 g/mol. The van der Waals surface area contributed by atoms with Crippen LogP contribution < -0.4 is 10.6 Å². The van der Waals surface area contributed by atoms with Gasteiger partial charge in [-0.3, -0.25) is 14.6 Å². The maximum atomic E-state index is 13.0. The summed E-state index contributed by atoms with van der Waals surface area (Å²) in [7, 11) is 0. The van der Waals surface area contributed by atoms with Crippen molar-refractivity contribution in [2.45, 2.75) is 51.2 Å². The van der Waals surface area contributed by atoms with Gasteiger partial charge in [0.05, 0.1) is 0 Å². The molecule has 3 atom stereocenters. The summed E-state index contributed by atoms with van der Waals surface area (Å²) in [4.78, 5) is 30.0. The number of para-hydroxylation sites is 1. The molecule has 6 heteroatoms. The number of fused-ring (bicyclic) bond motifs is 1. The van der Waals surface area contributed by atoms with Gasteiger partial charge in [0.25, 0.3) is 0 Å². The van der Waals surface area contributed by atoms with Crippen LogP contribution in [-0.2, 0) is 22.6 Å². The number of rotatable bonds is 6. The van der Waals surface area contributed by atoms with Gasteiger partial charge >= 0.3 is 0 Å². The number of pyridine rings is 1. The van der Waals surface area contributed by atoms with Gasteiger partial charge in [0, 0.05) is 47.9 Å². The summed E-state index contributed by atoms with van der Waals surface area (Å²) in [6.07, 6.45) is 4.95. The van der Waals surface area contributed by atoms with Crippen molar-refractivity contribution in [3.63, 3.8) is 0 Å². The molecule has 1 aliphatic heterocycles. The smallest absolute Gasteiger partial charge is 0.243 e. The Hall–Kier alpha value is -3.15. The number of aryl methyl sites for hydroxylation is 1. The van der Waals surface area contributed by atoms with Gasteiger partial charge < -0.3 is 15.2 Å². The molecule has 1 saturated heterocycles. The van der Waals surface area contributed by atoms with E-state index in [2.05, 4.69) is 52.4 Å². The molecule has 2 N–H and O–H groups in total. The zero-order chi connectivity index (χ0) is 20.4.